The van der Waals surface area contributed by atoms with E-state index in [0.717, 1.165) is 5.56 Å². The summed E-state index contributed by atoms with van der Waals surface area (Å²) in [4.78, 5) is 20.6. The third kappa shape index (κ3) is 3.98. The zero-order chi connectivity index (χ0) is 16.8. The number of carbonyl (C=O) groups is 1. The van der Waals surface area contributed by atoms with Crippen molar-refractivity contribution in [3.05, 3.63) is 77.5 Å². The van der Waals surface area contributed by atoms with Gasteiger partial charge in [-0.2, -0.15) is 0 Å². The van der Waals surface area contributed by atoms with Gasteiger partial charge in [0.2, 0.25) is 5.95 Å². The number of hydrogen-bond donors (Lipinski definition) is 2. The van der Waals surface area contributed by atoms with Gasteiger partial charge in [0.1, 0.15) is 11.5 Å². The molecule has 0 aliphatic heterocycles. The molecule has 0 saturated carbocycles. The maximum absolute atomic E-state index is 12.1. The average Bonchev–Trinajstić information content (AvgIpc) is 3.13. The maximum Gasteiger partial charge on any atom is 0.270 e. The van der Waals surface area contributed by atoms with Crippen LogP contribution in [0.5, 0.6) is 0 Å². The smallest absolute Gasteiger partial charge is 0.270 e. The summed E-state index contributed by atoms with van der Waals surface area (Å²) in [5.41, 5.74) is 2.66. The Hall–Kier alpha value is -3.15. The number of benzene rings is 1. The molecule has 0 radical (unpaired) electrons. The molecule has 2 aromatic heterocycles. The number of aryl methyl sites for hydroxylation is 1. The first-order valence-corrected chi connectivity index (χ1v) is 7.64. The monoisotopic (exact) mass is 322 g/mol. The molecule has 2 N–H and O–H groups in total. The Bertz CT molecular complexity index is 815. The molecule has 24 heavy (non-hydrogen) atoms. The van der Waals surface area contributed by atoms with Crippen molar-refractivity contribution in [2.45, 2.75) is 20.0 Å². The molecule has 122 valence electrons. The summed E-state index contributed by atoms with van der Waals surface area (Å²) in [7, 11) is 0. The van der Waals surface area contributed by atoms with Crippen molar-refractivity contribution in [1.82, 2.24) is 15.3 Å². The molecule has 6 nitrogen and oxygen atoms in total. The topological polar surface area (TPSA) is 80.0 Å². The van der Waals surface area contributed by atoms with E-state index in [0.29, 0.717) is 30.5 Å². The molecule has 0 bridgehead atoms. The highest BCUT2D eigenvalue weighted by Crippen LogP contribution is 2.09. The van der Waals surface area contributed by atoms with Gasteiger partial charge in [0.25, 0.3) is 5.91 Å². The molecule has 0 saturated heterocycles. The van der Waals surface area contributed by atoms with Crippen LogP contribution in [0.25, 0.3) is 0 Å². The molecule has 0 unspecified atom stereocenters. The molecule has 0 spiro atoms. The average molecular weight is 322 g/mol. The molecule has 6 heteroatoms. The molecular formula is C18H18N4O2. The predicted octanol–water partition coefficient (Wildman–Crippen LogP) is 2.92. The number of amides is 1. The van der Waals surface area contributed by atoms with E-state index in [1.54, 1.807) is 30.7 Å². The van der Waals surface area contributed by atoms with Crippen molar-refractivity contribution < 1.29 is 9.21 Å². The van der Waals surface area contributed by atoms with Gasteiger partial charge < -0.3 is 15.1 Å². The van der Waals surface area contributed by atoms with E-state index in [1.165, 1.54) is 5.56 Å². The Labute approximate surface area is 140 Å². The van der Waals surface area contributed by atoms with Crippen LogP contribution in [0.15, 0.2) is 59.3 Å². The molecule has 0 aliphatic carbocycles. The van der Waals surface area contributed by atoms with Crippen LogP contribution < -0.4 is 10.6 Å². The molecule has 0 fully saturated rings. The van der Waals surface area contributed by atoms with Gasteiger partial charge >= 0.3 is 0 Å². The van der Waals surface area contributed by atoms with Gasteiger partial charge in [0, 0.05) is 12.7 Å². The molecule has 2 heterocycles. The van der Waals surface area contributed by atoms with E-state index in [2.05, 4.69) is 33.6 Å². The lowest BCUT2D eigenvalue weighted by Crippen LogP contribution is -2.24. The first-order valence-electron chi connectivity index (χ1n) is 7.64. The summed E-state index contributed by atoms with van der Waals surface area (Å²) >= 11 is 0. The van der Waals surface area contributed by atoms with Crippen molar-refractivity contribution in [2.75, 3.05) is 5.32 Å². The fourth-order valence-corrected chi connectivity index (χ4v) is 2.22. The minimum Gasteiger partial charge on any atom is -0.467 e. The van der Waals surface area contributed by atoms with E-state index >= 15 is 0 Å². The number of rotatable bonds is 6. The van der Waals surface area contributed by atoms with Crippen LogP contribution in [-0.4, -0.2) is 15.9 Å². The predicted molar refractivity (Wildman–Crippen MR) is 90.4 cm³/mol. The van der Waals surface area contributed by atoms with Gasteiger partial charge in [-0.25, -0.2) is 9.97 Å². The van der Waals surface area contributed by atoms with Crippen LogP contribution >= 0.6 is 0 Å². The Morgan fingerprint density at radius 2 is 2.00 bits per heavy atom. The zero-order valence-corrected chi connectivity index (χ0v) is 13.3. The minimum atomic E-state index is -0.271. The van der Waals surface area contributed by atoms with Gasteiger partial charge in [0.05, 0.1) is 12.8 Å². The van der Waals surface area contributed by atoms with E-state index in [4.69, 9.17) is 4.42 Å². The van der Waals surface area contributed by atoms with Gasteiger partial charge in [-0.1, -0.05) is 24.3 Å². The van der Waals surface area contributed by atoms with Crippen molar-refractivity contribution in [3.8, 4) is 0 Å². The number of carbonyl (C=O) groups excluding carboxylic acids is 1. The van der Waals surface area contributed by atoms with Crippen LogP contribution in [0, 0.1) is 6.92 Å². The summed E-state index contributed by atoms with van der Waals surface area (Å²) in [6.07, 6.45) is 3.13. The van der Waals surface area contributed by atoms with E-state index in [9.17, 15) is 4.79 Å². The summed E-state index contributed by atoms with van der Waals surface area (Å²) < 4.78 is 5.18. The third-order valence-corrected chi connectivity index (χ3v) is 3.59. The summed E-state index contributed by atoms with van der Waals surface area (Å²) in [5, 5.41) is 5.91. The fourth-order valence-electron chi connectivity index (χ4n) is 2.22. The second kappa shape index (κ2) is 7.41. The Morgan fingerprint density at radius 1 is 1.12 bits per heavy atom. The summed E-state index contributed by atoms with van der Waals surface area (Å²) in [6.45, 7) is 2.97. The van der Waals surface area contributed by atoms with Crippen molar-refractivity contribution in [2.24, 2.45) is 0 Å². The SMILES string of the molecule is Cc1ccccc1CNc1nccc(C(=O)NCc2ccco2)n1. The Kier molecular flexibility index (Phi) is 4.86. The van der Waals surface area contributed by atoms with E-state index in [-0.39, 0.29) is 5.91 Å². The summed E-state index contributed by atoms with van der Waals surface area (Å²) in [6, 6.07) is 13.2. The van der Waals surface area contributed by atoms with Crippen LogP contribution in [0.3, 0.4) is 0 Å². The van der Waals surface area contributed by atoms with E-state index < -0.39 is 0 Å². The largest absolute Gasteiger partial charge is 0.467 e. The molecule has 0 atom stereocenters. The highest BCUT2D eigenvalue weighted by atomic mass is 16.3. The van der Waals surface area contributed by atoms with Crippen LogP contribution in [0.2, 0.25) is 0 Å². The highest BCUT2D eigenvalue weighted by molar-refractivity contribution is 5.92. The quantitative estimate of drug-likeness (QED) is 0.729. The van der Waals surface area contributed by atoms with Gasteiger partial charge in [-0.3, -0.25) is 4.79 Å². The van der Waals surface area contributed by atoms with Crippen molar-refractivity contribution >= 4 is 11.9 Å². The third-order valence-electron chi connectivity index (χ3n) is 3.59. The van der Waals surface area contributed by atoms with Gasteiger partial charge in [-0.05, 0) is 36.2 Å². The van der Waals surface area contributed by atoms with Crippen molar-refractivity contribution in [1.29, 1.82) is 0 Å². The molecule has 3 rings (SSSR count). The van der Waals surface area contributed by atoms with Gasteiger partial charge in [0.15, 0.2) is 0 Å². The first kappa shape index (κ1) is 15.7. The standard InChI is InChI=1S/C18H18N4O2/c1-13-5-2-3-6-14(13)11-21-18-19-9-8-16(22-18)17(23)20-12-15-7-4-10-24-15/h2-10H,11-12H2,1H3,(H,20,23)(H,19,21,22). The maximum atomic E-state index is 12.1. The van der Waals surface area contributed by atoms with Gasteiger partial charge in [-0.15, -0.1) is 0 Å². The number of hydrogen-bond acceptors (Lipinski definition) is 5. The molecular weight excluding hydrogens is 304 g/mol. The Morgan fingerprint density at radius 3 is 2.79 bits per heavy atom. The van der Waals surface area contributed by atoms with Crippen LogP contribution in [0.4, 0.5) is 5.95 Å². The first-order chi connectivity index (χ1) is 11.7. The fraction of sp³-hybridized carbons (Fsp3) is 0.167. The lowest BCUT2D eigenvalue weighted by Gasteiger charge is -2.08. The second-order valence-electron chi connectivity index (χ2n) is 5.31. The van der Waals surface area contributed by atoms with Crippen LogP contribution in [0.1, 0.15) is 27.4 Å². The number of furan rings is 1. The number of aromatic nitrogens is 2. The minimum absolute atomic E-state index is 0.271. The molecule has 3 aromatic rings. The normalized spacial score (nSPS) is 10.4. The highest BCUT2D eigenvalue weighted by Gasteiger charge is 2.09. The molecule has 1 aromatic carbocycles. The second-order valence-corrected chi connectivity index (χ2v) is 5.31. The number of anilines is 1. The lowest BCUT2D eigenvalue weighted by molar-refractivity contribution is 0.0943. The zero-order valence-electron chi connectivity index (χ0n) is 13.3. The lowest BCUT2D eigenvalue weighted by atomic mass is 10.1. The number of nitrogens with one attached hydrogen (secondary N) is 2. The molecule has 1 amide bonds. The molecule has 0 aliphatic rings. The Balaban J connectivity index is 1.61. The van der Waals surface area contributed by atoms with Crippen molar-refractivity contribution in [3.63, 3.8) is 0 Å². The number of nitrogens with zero attached hydrogens (tertiary/aromatic N) is 2. The summed E-state index contributed by atoms with van der Waals surface area (Å²) in [5.74, 6) is 0.840. The van der Waals surface area contributed by atoms with Crippen LogP contribution in [-0.2, 0) is 13.1 Å². The van der Waals surface area contributed by atoms with E-state index in [1.807, 2.05) is 18.2 Å².